The zero-order valence-electron chi connectivity index (χ0n) is 10.2. The molecule has 0 fully saturated rings. The van der Waals surface area contributed by atoms with Gasteiger partial charge in [0.15, 0.2) is 0 Å². The molecule has 0 spiro atoms. The van der Waals surface area contributed by atoms with Crippen LogP contribution in [0.3, 0.4) is 0 Å². The Morgan fingerprint density at radius 3 is 2.95 bits per heavy atom. The Morgan fingerprint density at radius 1 is 1.21 bits per heavy atom. The van der Waals surface area contributed by atoms with Crippen molar-refractivity contribution < 1.29 is 9.13 Å². The van der Waals surface area contributed by atoms with Crippen LogP contribution in [0.4, 0.5) is 4.39 Å². The number of hydrogen-bond donors (Lipinski definition) is 1. The summed E-state index contributed by atoms with van der Waals surface area (Å²) in [6.07, 6.45) is 0. The van der Waals surface area contributed by atoms with E-state index in [1.165, 1.54) is 6.07 Å². The summed E-state index contributed by atoms with van der Waals surface area (Å²) >= 11 is 3.28. The molecule has 2 nitrogen and oxygen atoms in total. The summed E-state index contributed by atoms with van der Waals surface area (Å²) in [4.78, 5) is 0. The van der Waals surface area contributed by atoms with E-state index >= 15 is 0 Å². The smallest absolute Gasteiger partial charge is 0.137 e. The Bertz CT molecular complexity index is 602. The fraction of sp³-hybridized carbons (Fsp3) is 0.200. The van der Waals surface area contributed by atoms with Gasteiger partial charge in [-0.05, 0) is 33.6 Å². The van der Waals surface area contributed by atoms with Crippen LogP contribution in [0.25, 0.3) is 0 Å². The molecule has 1 unspecified atom stereocenters. The minimum atomic E-state index is -0.234. The molecule has 1 aliphatic rings. The van der Waals surface area contributed by atoms with Gasteiger partial charge in [0.2, 0.25) is 0 Å². The van der Waals surface area contributed by atoms with E-state index in [2.05, 4.69) is 27.3 Å². The van der Waals surface area contributed by atoms with E-state index in [0.717, 1.165) is 16.9 Å². The molecule has 3 rings (SSSR count). The van der Waals surface area contributed by atoms with Gasteiger partial charge in [-0.1, -0.05) is 30.3 Å². The molecule has 1 atom stereocenters. The van der Waals surface area contributed by atoms with Crippen molar-refractivity contribution >= 4 is 15.9 Å². The number of benzene rings is 2. The van der Waals surface area contributed by atoms with Gasteiger partial charge in [-0.15, -0.1) is 0 Å². The van der Waals surface area contributed by atoms with Gasteiger partial charge in [-0.25, -0.2) is 4.39 Å². The van der Waals surface area contributed by atoms with Crippen LogP contribution in [-0.4, -0.2) is 6.61 Å². The first-order chi connectivity index (χ1) is 9.25. The second-order valence-electron chi connectivity index (χ2n) is 4.50. The fourth-order valence-electron chi connectivity index (χ4n) is 2.25. The standard InChI is InChI=1S/C15H13BrFNO/c16-15-10(4-3-6-12(15)17)8-18-13-9-19-14-7-2-1-5-11(13)14/h1-7,13,18H,8-9H2. The first-order valence-corrected chi connectivity index (χ1v) is 6.93. The normalized spacial score (nSPS) is 17.1. The Morgan fingerprint density at radius 2 is 2.05 bits per heavy atom. The second kappa shape index (κ2) is 5.31. The van der Waals surface area contributed by atoms with Crippen molar-refractivity contribution in [3.05, 3.63) is 63.9 Å². The molecule has 1 N–H and O–H groups in total. The van der Waals surface area contributed by atoms with E-state index in [9.17, 15) is 4.39 Å². The maximum atomic E-state index is 13.4. The summed E-state index contributed by atoms with van der Waals surface area (Å²) < 4.78 is 19.5. The molecule has 4 heteroatoms. The summed E-state index contributed by atoms with van der Waals surface area (Å²) in [5.41, 5.74) is 2.07. The van der Waals surface area contributed by atoms with Gasteiger partial charge >= 0.3 is 0 Å². The Kier molecular flexibility index (Phi) is 3.53. The molecule has 98 valence electrons. The van der Waals surface area contributed by atoms with E-state index < -0.39 is 0 Å². The van der Waals surface area contributed by atoms with Gasteiger partial charge in [0.05, 0.1) is 10.5 Å². The Balaban J connectivity index is 1.73. The molecule has 0 saturated carbocycles. The lowest BCUT2D eigenvalue weighted by Gasteiger charge is -2.12. The van der Waals surface area contributed by atoms with Crippen LogP contribution < -0.4 is 10.1 Å². The predicted octanol–water partition coefficient (Wildman–Crippen LogP) is 3.81. The van der Waals surface area contributed by atoms with Gasteiger partial charge in [0.25, 0.3) is 0 Å². The number of hydrogen-bond acceptors (Lipinski definition) is 2. The molecule has 1 heterocycles. The van der Waals surface area contributed by atoms with Crippen molar-refractivity contribution in [2.24, 2.45) is 0 Å². The largest absolute Gasteiger partial charge is 0.491 e. The molecular weight excluding hydrogens is 309 g/mol. The summed E-state index contributed by atoms with van der Waals surface area (Å²) in [5, 5.41) is 3.40. The number of ether oxygens (including phenoxy) is 1. The second-order valence-corrected chi connectivity index (χ2v) is 5.29. The molecule has 0 radical (unpaired) electrons. The number of fused-ring (bicyclic) bond motifs is 1. The van der Waals surface area contributed by atoms with Crippen molar-refractivity contribution in [3.8, 4) is 5.75 Å². The van der Waals surface area contributed by atoms with Crippen molar-refractivity contribution in [2.75, 3.05) is 6.61 Å². The quantitative estimate of drug-likeness (QED) is 0.928. The van der Waals surface area contributed by atoms with Crippen molar-refractivity contribution in [3.63, 3.8) is 0 Å². The van der Waals surface area contributed by atoms with Crippen LogP contribution in [0, 0.1) is 5.82 Å². The van der Waals surface area contributed by atoms with Crippen molar-refractivity contribution in [1.29, 1.82) is 0 Å². The van der Waals surface area contributed by atoms with Crippen LogP contribution in [0.5, 0.6) is 5.75 Å². The highest BCUT2D eigenvalue weighted by Crippen LogP contribution is 2.32. The molecule has 19 heavy (non-hydrogen) atoms. The van der Waals surface area contributed by atoms with Crippen molar-refractivity contribution in [1.82, 2.24) is 5.32 Å². The first kappa shape index (κ1) is 12.6. The molecule has 2 aromatic carbocycles. The first-order valence-electron chi connectivity index (χ1n) is 6.13. The molecule has 0 aliphatic carbocycles. The van der Waals surface area contributed by atoms with Crippen LogP contribution in [0.15, 0.2) is 46.9 Å². The van der Waals surface area contributed by atoms with Gasteiger partial charge in [-0.2, -0.15) is 0 Å². The third kappa shape index (κ3) is 2.51. The number of para-hydroxylation sites is 1. The summed E-state index contributed by atoms with van der Waals surface area (Å²) in [5.74, 6) is 0.695. The molecule has 0 saturated heterocycles. The predicted molar refractivity (Wildman–Crippen MR) is 75.6 cm³/mol. The van der Waals surface area contributed by atoms with Crippen LogP contribution in [-0.2, 0) is 6.54 Å². The minimum absolute atomic E-state index is 0.159. The molecule has 0 amide bonds. The highest BCUT2D eigenvalue weighted by atomic mass is 79.9. The van der Waals surface area contributed by atoms with E-state index in [4.69, 9.17) is 4.74 Å². The lowest BCUT2D eigenvalue weighted by molar-refractivity contribution is 0.310. The lowest BCUT2D eigenvalue weighted by Crippen LogP contribution is -2.22. The Hall–Kier alpha value is -1.39. The van der Waals surface area contributed by atoms with Gasteiger partial charge in [0, 0.05) is 12.1 Å². The third-order valence-corrected chi connectivity index (χ3v) is 4.16. The van der Waals surface area contributed by atoms with Crippen LogP contribution in [0.2, 0.25) is 0 Å². The highest BCUT2D eigenvalue weighted by Gasteiger charge is 2.23. The average molecular weight is 322 g/mol. The van der Waals surface area contributed by atoms with Gasteiger partial charge in [0.1, 0.15) is 18.2 Å². The molecule has 1 aliphatic heterocycles. The summed E-state index contributed by atoms with van der Waals surface area (Å²) in [7, 11) is 0. The zero-order valence-corrected chi connectivity index (χ0v) is 11.8. The SMILES string of the molecule is Fc1cccc(CNC2COc3ccccc32)c1Br. The Labute approximate surface area is 119 Å². The van der Waals surface area contributed by atoms with E-state index in [-0.39, 0.29) is 11.9 Å². The zero-order chi connectivity index (χ0) is 13.2. The number of nitrogens with one attached hydrogen (secondary N) is 1. The van der Waals surface area contributed by atoms with Crippen LogP contribution >= 0.6 is 15.9 Å². The lowest BCUT2D eigenvalue weighted by atomic mass is 10.1. The van der Waals surface area contributed by atoms with Crippen molar-refractivity contribution in [2.45, 2.75) is 12.6 Å². The third-order valence-electron chi connectivity index (χ3n) is 3.27. The van der Waals surface area contributed by atoms with E-state index in [0.29, 0.717) is 17.6 Å². The summed E-state index contributed by atoms with van der Waals surface area (Å²) in [6.45, 7) is 1.22. The monoisotopic (exact) mass is 321 g/mol. The van der Waals surface area contributed by atoms with Gasteiger partial charge in [-0.3, -0.25) is 0 Å². The minimum Gasteiger partial charge on any atom is -0.491 e. The highest BCUT2D eigenvalue weighted by molar-refractivity contribution is 9.10. The molecular formula is C15H13BrFNO. The van der Waals surface area contributed by atoms with Gasteiger partial charge < -0.3 is 10.1 Å². The van der Waals surface area contributed by atoms with Crippen LogP contribution in [0.1, 0.15) is 17.2 Å². The van der Waals surface area contributed by atoms with E-state index in [1.54, 1.807) is 6.07 Å². The maximum Gasteiger partial charge on any atom is 0.137 e. The average Bonchev–Trinajstić information content (AvgIpc) is 2.84. The number of halogens is 2. The topological polar surface area (TPSA) is 21.3 Å². The molecule has 0 aromatic heterocycles. The number of rotatable bonds is 3. The fourth-order valence-corrected chi connectivity index (χ4v) is 2.65. The van der Waals surface area contributed by atoms with E-state index in [1.807, 2.05) is 24.3 Å². The maximum absolute atomic E-state index is 13.4. The summed E-state index contributed by atoms with van der Waals surface area (Å²) in [6, 6.07) is 13.2. The molecule has 0 bridgehead atoms. The molecule has 2 aromatic rings.